The van der Waals surface area contributed by atoms with Gasteiger partial charge in [0.25, 0.3) is 5.69 Å². The van der Waals surface area contributed by atoms with Crippen molar-refractivity contribution < 1.29 is 10.0 Å². The molecule has 0 aromatic heterocycles. The smallest absolute Gasteiger partial charge is 0.269 e. The molecule has 0 aliphatic carbocycles. The number of non-ortho nitro benzene ring substituents is 1. The highest BCUT2D eigenvalue weighted by Gasteiger charge is 2.16. The molecule has 1 aromatic carbocycles. The fraction of sp³-hybridized carbons (Fsp3) is 0.600. The number of likely N-dealkylation sites (tertiary alicyclic amines) is 1. The third-order valence-electron chi connectivity index (χ3n) is 3.93. The molecule has 1 saturated heterocycles. The Morgan fingerprint density at radius 1 is 1.33 bits per heavy atom. The van der Waals surface area contributed by atoms with E-state index in [4.69, 9.17) is 0 Å². The van der Waals surface area contributed by atoms with Crippen molar-refractivity contribution in [2.24, 2.45) is 0 Å². The maximum Gasteiger partial charge on any atom is 0.269 e. The lowest BCUT2D eigenvalue weighted by Gasteiger charge is -2.21. The number of aliphatic hydroxyl groups is 1. The lowest BCUT2D eigenvalue weighted by atomic mass is 10.1. The molecule has 2 atom stereocenters. The number of hydrogen-bond acceptors (Lipinski definition) is 5. The van der Waals surface area contributed by atoms with Gasteiger partial charge >= 0.3 is 0 Å². The minimum absolute atomic E-state index is 0.0547. The van der Waals surface area contributed by atoms with E-state index in [0.717, 1.165) is 18.7 Å². The molecule has 1 heterocycles. The monoisotopic (exact) mass is 293 g/mol. The third kappa shape index (κ3) is 4.77. The molecule has 2 unspecified atom stereocenters. The molecule has 1 aliphatic heterocycles. The molecule has 1 aliphatic rings. The van der Waals surface area contributed by atoms with Crippen LogP contribution in [-0.2, 0) is 0 Å². The van der Waals surface area contributed by atoms with Gasteiger partial charge in [-0.25, -0.2) is 0 Å². The van der Waals surface area contributed by atoms with Gasteiger partial charge in [0, 0.05) is 31.3 Å². The Labute approximate surface area is 124 Å². The van der Waals surface area contributed by atoms with Crippen LogP contribution in [0.3, 0.4) is 0 Å². The Morgan fingerprint density at radius 3 is 2.52 bits per heavy atom. The molecule has 0 saturated carbocycles. The number of rotatable bonds is 7. The predicted molar refractivity (Wildman–Crippen MR) is 81.2 cm³/mol. The van der Waals surface area contributed by atoms with Crippen LogP contribution in [0.2, 0.25) is 0 Å². The van der Waals surface area contributed by atoms with Crippen molar-refractivity contribution >= 4 is 5.69 Å². The molecule has 6 heteroatoms. The van der Waals surface area contributed by atoms with E-state index in [0.29, 0.717) is 13.1 Å². The molecular formula is C15H23N3O3. The zero-order valence-corrected chi connectivity index (χ0v) is 12.4. The summed E-state index contributed by atoms with van der Waals surface area (Å²) < 4.78 is 0. The van der Waals surface area contributed by atoms with Crippen LogP contribution in [0, 0.1) is 10.1 Å². The highest BCUT2D eigenvalue weighted by atomic mass is 16.6. The fourth-order valence-electron chi connectivity index (χ4n) is 2.64. The van der Waals surface area contributed by atoms with Crippen molar-refractivity contribution in [3.05, 3.63) is 39.9 Å². The van der Waals surface area contributed by atoms with Crippen LogP contribution in [0.15, 0.2) is 24.3 Å². The highest BCUT2D eigenvalue weighted by Crippen LogP contribution is 2.17. The largest absolute Gasteiger partial charge is 0.390 e. The molecule has 0 amide bonds. The van der Waals surface area contributed by atoms with E-state index in [1.54, 1.807) is 12.1 Å². The summed E-state index contributed by atoms with van der Waals surface area (Å²) in [5.74, 6) is 0. The molecule has 1 fully saturated rings. The fourth-order valence-corrected chi connectivity index (χ4v) is 2.64. The number of nitro groups is 1. The van der Waals surface area contributed by atoms with E-state index in [1.807, 2.05) is 6.92 Å². The molecule has 116 valence electrons. The first-order valence-corrected chi connectivity index (χ1v) is 7.44. The maximum absolute atomic E-state index is 10.6. The number of nitrogens with zero attached hydrogens (tertiary/aromatic N) is 2. The van der Waals surface area contributed by atoms with Gasteiger partial charge in [-0.2, -0.15) is 0 Å². The number of β-amino-alcohol motifs (C(OH)–C–C–N with tert-alkyl or cyclic N) is 1. The molecule has 6 nitrogen and oxygen atoms in total. The van der Waals surface area contributed by atoms with Gasteiger partial charge in [-0.3, -0.25) is 10.1 Å². The normalized spacial score (nSPS) is 18.6. The van der Waals surface area contributed by atoms with Crippen LogP contribution in [0.5, 0.6) is 0 Å². The predicted octanol–water partition coefficient (Wildman–Crippen LogP) is 1.70. The Hall–Kier alpha value is -1.50. The van der Waals surface area contributed by atoms with Gasteiger partial charge in [-0.05, 0) is 38.4 Å². The average molecular weight is 293 g/mol. The number of nitro benzene ring substituents is 1. The number of hydrogen-bond donors (Lipinski definition) is 2. The summed E-state index contributed by atoms with van der Waals surface area (Å²) in [5, 5.41) is 23.9. The summed E-state index contributed by atoms with van der Waals surface area (Å²) in [6.07, 6.45) is 2.06. The second-order valence-corrected chi connectivity index (χ2v) is 5.64. The van der Waals surface area contributed by atoms with Gasteiger partial charge in [0.1, 0.15) is 0 Å². The van der Waals surface area contributed by atoms with Crippen molar-refractivity contribution in [1.82, 2.24) is 10.2 Å². The Morgan fingerprint density at radius 2 is 1.95 bits per heavy atom. The van der Waals surface area contributed by atoms with Crippen LogP contribution in [0.4, 0.5) is 5.69 Å². The van der Waals surface area contributed by atoms with Crippen molar-refractivity contribution in [1.29, 1.82) is 0 Å². The number of nitrogens with one attached hydrogen (secondary N) is 1. The molecule has 2 N–H and O–H groups in total. The van der Waals surface area contributed by atoms with E-state index >= 15 is 0 Å². The van der Waals surface area contributed by atoms with Gasteiger partial charge in [-0.15, -0.1) is 0 Å². The summed E-state index contributed by atoms with van der Waals surface area (Å²) in [6.45, 7) is 5.38. The van der Waals surface area contributed by atoms with E-state index in [1.165, 1.54) is 25.0 Å². The van der Waals surface area contributed by atoms with Crippen LogP contribution in [-0.4, -0.2) is 47.2 Å². The Bertz CT molecular complexity index is 458. The van der Waals surface area contributed by atoms with Crippen molar-refractivity contribution in [3.8, 4) is 0 Å². The van der Waals surface area contributed by atoms with E-state index < -0.39 is 4.92 Å². The summed E-state index contributed by atoms with van der Waals surface area (Å²) in [4.78, 5) is 12.5. The molecule has 0 radical (unpaired) electrons. The zero-order valence-electron chi connectivity index (χ0n) is 12.4. The van der Waals surface area contributed by atoms with Gasteiger partial charge in [0.15, 0.2) is 0 Å². The second kappa shape index (κ2) is 7.49. The number of benzene rings is 1. The van der Waals surface area contributed by atoms with Crippen LogP contribution in [0.25, 0.3) is 0 Å². The minimum Gasteiger partial charge on any atom is -0.390 e. The molecule has 0 bridgehead atoms. The Balaban J connectivity index is 1.77. The van der Waals surface area contributed by atoms with Gasteiger partial charge in [-0.1, -0.05) is 12.1 Å². The second-order valence-electron chi connectivity index (χ2n) is 5.64. The minimum atomic E-state index is -0.401. The van der Waals surface area contributed by atoms with Gasteiger partial charge in [0.05, 0.1) is 11.0 Å². The lowest BCUT2D eigenvalue weighted by Crippen LogP contribution is -2.37. The zero-order chi connectivity index (χ0) is 15.2. The standard InChI is InChI=1S/C15H23N3O3/c1-12(13-4-6-14(7-5-13)18(20)21)16-10-15(19)11-17-8-2-3-9-17/h4-7,12,15-16,19H,2-3,8-11H2,1H3. The first kappa shape index (κ1) is 15.9. The number of aliphatic hydroxyl groups excluding tert-OH is 1. The van der Waals surface area contributed by atoms with Crippen molar-refractivity contribution in [2.45, 2.75) is 31.9 Å². The molecular weight excluding hydrogens is 270 g/mol. The molecule has 21 heavy (non-hydrogen) atoms. The lowest BCUT2D eigenvalue weighted by molar-refractivity contribution is -0.384. The Kier molecular flexibility index (Phi) is 5.67. The van der Waals surface area contributed by atoms with Crippen LogP contribution >= 0.6 is 0 Å². The molecule has 2 rings (SSSR count). The topological polar surface area (TPSA) is 78.6 Å². The quantitative estimate of drug-likeness (QED) is 0.591. The third-order valence-corrected chi connectivity index (χ3v) is 3.93. The van der Waals surface area contributed by atoms with E-state index in [-0.39, 0.29) is 17.8 Å². The van der Waals surface area contributed by atoms with Crippen molar-refractivity contribution in [3.63, 3.8) is 0 Å². The van der Waals surface area contributed by atoms with Gasteiger partial charge < -0.3 is 15.3 Å². The van der Waals surface area contributed by atoms with Crippen LogP contribution in [0.1, 0.15) is 31.4 Å². The van der Waals surface area contributed by atoms with Crippen molar-refractivity contribution in [2.75, 3.05) is 26.2 Å². The van der Waals surface area contributed by atoms with E-state index in [2.05, 4.69) is 10.2 Å². The summed E-state index contributed by atoms with van der Waals surface area (Å²) >= 11 is 0. The SMILES string of the molecule is CC(NCC(O)CN1CCCC1)c1ccc([N+](=O)[O-])cc1. The average Bonchev–Trinajstić information content (AvgIpc) is 2.97. The highest BCUT2D eigenvalue weighted by molar-refractivity contribution is 5.34. The van der Waals surface area contributed by atoms with Crippen LogP contribution < -0.4 is 5.32 Å². The first-order chi connectivity index (χ1) is 10.1. The summed E-state index contributed by atoms with van der Waals surface area (Å²) in [6, 6.07) is 6.58. The first-order valence-electron chi connectivity index (χ1n) is 7.44. The summed E-state index contributed by atoms with van der Waals surface area (Å²) in [7, 11) is 0. The van der Waals surface area contributed by atoms with E-state index in [9.17, 15) is 15.2 Å². The maximum atomic E-state index is 10.6. The molecule has 1 aromatic rings. The summed E-state index contributed by atoms with van der Waals surface area (Å²) in [5.41, 5.74) is 1.08. The molecule has 0 spiro atoms. The van der Waals surface area contributed by atoms with Gasteiger partial charge in [0.2, 0.25) is 0 Å².